The number of nitrogens with one attached hydrogen (secondary N) is 2. The van der Waals surface area contributed by atoms with E-state index in [-0.39, 0.29) is 18.4 Å². The van der Waals surface area contributed by atoms with E-state index in [2.05, 4.69) is 10.6 Å². The molecule has 0 saturated carbocycles. The van der Waals surface area contributed by atoms with Gasteiger partial charge in [-0.2, -0.15) is 0 Å². The van der Waals surface area contributed by atoms with E-state index in [1.165, 1.54) is 0 Å². The fourth-order valence-electron chi connectivity index (χ4n) is 2.03. The molecule has 2 heterocycles. The molecule has 2 N–H and O–H groups in total. The quantitative estimate of drug-likeness (QED) is 0.753. The minimum atomic E-state index is -0.243. The van der Waals surface area contributed by atoms with Crippen LogP contribution in [0, 0.1) is 0 Å². The molecule has 0 aliphatic carbocycles. The number of carbonyl (C=O) groups is 2. The Balaban J connectivity index is 1.83. The number of hydrogen-bond donors (Lipinski definition) is 2. The number of nitrogens with zero attached hydrogens (tertiary/aromatic N) is 1. The van der Waals surface area contributed by atoms with Gasteiger partial charge in [-0.05, 0) is 23.9 Å². The zero-order valence-corrected chi connectivity index (χ0v) is 13.0. The molecule has 21 heavy (non-hydrogen) atoms. The molecule has 2 aromatic heterocycles. The number of amides is 2. The second kappa shape index (κ2) is 7.24. The number of ether oxygens (including phenoxy) is 1. The average molecular weight is 309 g/mol. The SMILES string of the molecule is COCCCNC(=O)CNC(=O)c1cc2sccc2n1C. The molecule has 0 radical (unpaired) electrons. The summed E-state index contributed by atoms with van der Waals surface area (Å²) >= 11 is 1.59. The molecule has 0 spiro atoms. The van der Waals surface area contributed by atoms with Crippen molar-refractivity contribution < 1.29 is 14.3 Å². The van der Waals surface area contributed by atoms with Crippen molar-refractivity contribution in [2.75, 3.05) is 26.8 Å². The Morgan fingerprint density at radius 3 is 2.90 bits per heavy atom. The maximum absolute atomic E-state index is 12.1. The molecule has 0 fully saturated rings. The Labute approximate surface area is 127 Å². The van der Waals surface area contributed by atoms with Gasteiger partial charge in [0, 0.05) is 27.3 Å². The number of fused-ring (bicyclic) bond motifs is 1. The van der Waals surface area contributed by atoms with Crippen LogP contribution in [-0.2, 0) is 16.6 Å². The number of thiophene rings is 1. The monoisotopic (exact) mass is 309 g/mol. The maximum atomic E-state index is 12.1. The number of carbonyl (C=O) groups excluding carboxylic acids is 2. The van der Waals surface area contributed by atoms with Gasteiger partial charge in [0.25, 0.3) is 5.91 Å². The van der Waals surface area contributed by atoms with Crippen molar-refractivity contribution in [3.05, 3.63) is 23.2 Å². The van der Waals surface area contributed by atoms with E-state index in [1.54, 1.807) is 18.4 Å². The second-order valence-corrected chi connectivity index (χ2v) is 5.59. The molecule has 2 amide bonds. The van der Waals surface area contributed by atoms with Gasteiger partial charge in [-0.25, -0.2) is 0 Å². The first-order chi connectivity index (χ1) is 10.1. The maximum Gasteiger partial charge on any atom is 0.268 e. The summed E-state index contributed by atoms with van der Waals surface area (Å²) < 4.78 is 7.78. The smallest absolute Gasteiger partial charge is 0.268 e. The van der Waals surface area contributed by atoms with E-state index < -0.39 is 0 Å². The predicted molar refractivity (Wildman–Crippen MR) is 82.6 cm³/mol. The Morgan fingerprint density at radius 2 is 2.19 bits per heavy atom. The van der Waals surface area contributed by atoms with Gasteiger partial charge in [0.15, 0.2) is 0 Å². The van der Waals surface area contributed by atoms with Crippen molar-refractivity contribution >= 4 is 33.4 Å². The first-order valence-electron chi connectivity index (χ1n) is 6.70. The summed E-state index contributed by atoms with van der Waals surface area (Å²) in [5.74, 6) is -0.441. The van der Waals surface area contributed by atoms with Crippen LogP contribution in [0.15, 0.2) is 17.5 Å². The van der Waals surface area contributed by atoms with Crippen LogP contribution in [0.1, 0.15) is 16.9 Å². The summed E-state index contributed by atoms with van der Waals surface area (Å²) in [5, 5.41) is 7.34. The molecule has 0 aromatic carbocycles. The number of hydrogen-bond acceptors (Lipinski definition) is 4. The summed E-state index contributed by atoms with van der Waals surface area (Å²) in [6.45, 7) is 1.12. The zero-order valence-electron chi connectivity index (χ0n) is 12.1. The van der Waals surface area contributed by atoms with E-state index in [0.717, 1.165) is 16.6 Å². The van der Waals surface area contributed by atoms with Crippen LogP contribution < -0.4 is 10.6 Å². The molecule has 0 bridgehead atoms. The largest absolute Gasteiger partial charge is 0.385 e. The lowest BCUT2D eigenvalue weighted by atomic mass is 10.4. The van der Waals surface area contributed by atoms with Crippen molar-refractivity contribution in [1.29, 1.82) is 0 Å². The van der Waals surface area contributed by atoms with Gasteiger partial charge in [-0.3, -0.25) is 9.59 Å². The Kier molecular flexibility index (Phi) is 5.35. The number of rotatable bonds is 7. The lowest BCUT2D eigenvalue weighted by molar-refractivity contribution is -0.120. The van der Waals surface area contributed by atoms with E-state index in [4.69, 9.17) is 4.74 Å². The summed E-state index contributed by atoms with van der Waals surface area (Å²) in [4.78, 5) is 23.7. The van der Waals surface area contributed by atoms with Crippen molar-refractivity contribution in [2.45, 2.75) is 6.42 Å². The lowest BCUT2D eigenvalue weighted by Gasteiger charge is -2.07. The van der Waals surface area contributed by atoms with Crippen molar-refractivity contribution in [3.63, 3.8) is 0 Å². The summed E-state index contributed by atoms with van der Waals surface area (Å²) in [5.41, 5.74) is 1.58. The minimum Gasteiger partial charge on any atom is -0.385 e. The lowest BCUT2D eigenvalue weighted by Crippen LogP contribution is -2.38. The van der Waals surface area contributed by atoms with Gasteiger partial charge >= 0.3 is 0 Å². The normalized spacial score (nSPS) is 10.8. The molecule has 6 nitrogen and oxygen atoms in total. The fraction of sp³-hybridized carbons (Fsp3) is 0.429. The molecular weight excluding hydrogens is 290 g/mol. The number of methoxy groups -OCH3 is 1. The first-order valence-corrected chi connectivity index (χ1v) is 7.58. The van der Waals surface area contributed by atoms with Crippen molar-refractivity contribution in [1.82, 2.24) is 15.2 Å². The molecule has 0 aliphatic heterocycles. The molecule has 0 atom stereocenters. The highest BCUT2D eigenvalue weighted by Crippen LogP contribution is 2.23. The third-order valence-electron chi connectivity index (χ3n) is 3.15. The minimum absolute atomic E-state index is 0.0232. The van der Waals surface area contributed by atoms with Gasteiger partial charge in [-0.1, -0.05) is 0 Å². The molecule has 0 unspecified atom stereocenters. The average Bonchev–Trinajstić information content (AvgIpc) is 3.04. The zero-order chi connectivity index (χ0) is 15.2. The van der Waals surface area contributed by atoms with Gasteiger partial charge in [0.2, 0.25) is 5.91 Å². The van der Waals surface area contributed by atoms with Crippen LogP contribution in [0.5, 0.6) is 0 Å². The van der Waals surface area contributed by atoms with Crippen LogP contribution in [-0.4, -0.2) is 43.2 Å². The second-order valence-electron chi connectivity index (χ2n) is 4.64. The molecule has 114 valence electrons. The highest BCUT2D eigenvalue weighted by molar-refractivity contribution is 7.17. The van der Waals surface area contributed by atoms with E-state index >= 15 is 0 Å². The Hall–Kier alpha value is -1.86. The van der Waals surface area contributed by atoms with Gasteiger partial charge in [-0.15, -0.1) is 11.3 Å². The number of aromatic nitrogens is 1. The first kappa shape index (κ1) is 15.5. The molecule has 2 rings (SSSR count). The van der Waals surface area contributed by atoms with Crippen LogP contribution >= 0.6 is 11.3 Å². The third-order valence-corrected chi connectivity index (χ3v) is 4.01. The molecule has 0 aliphatic rings. The Morgan fingerprint density at radius 1 is 1.38 bits per heavy atom. The van der Waals surface area contributed by atoms with Gasteiger partial charge in [0.1, 0.15) is 5.69 Å². The molecule has 7 heteroatoms. The highest BCUT2D eigenvalue weighted by atomic mass is 32.1. The van der Waals surface area contributed by atoms with Crippen LogP contribution in [0.3, 0.4) is 0 Å². The standard InChI is InChI=1S/C14H19N3O3S/c1-17-10-4-7-21-12(10)8-11(17)14(19)16-9-13(18)15-5-3-6-20-2/h4,7-8H,3,5-6,9H2,1-2H3,(H,15,18)(H,16,19). The van der Waals surface area contributed by atoms with E-state index in [9.17, 15) is 9.59 Å². The Bertz CT molecular complexity index is 632. The van der Waals surface area contributed by atoms with Crippen molar-refractivity contribution in [2.24, 2.45) is 7.05 Å². The summed E-state index contributed by atoms with van der Waals surface area (Å²) in [6, 6.07) is 3.81. The summed E-state index contributed by atoms with van der Waals surface area (Å²) in [7, 11) is 3.46. The van der Waals surface area contributed by atoms with Crippen LogP contribution in [0.25, 0.3) is 10.2 Å². The van der Waals surface area contributed by atoms with Crippen LogP contribution in [0.2, 0.25) is 0 Å². The fourth-order valence-corrected chi connectivity index (χ4v) is 2.87. The predicted octanol–water partition coefficient (Wildman–Crippen LogP) is 1.12. The number of aryl methyl sites for hydroxylation is 1. The third kappa shape index (κ3) is 3.83. The molecule has 2 aromatic rings. The molecular formula is C14H19N3O3S. The van der Waals surface area contributed by atoms with Crippen LogP contribution in [0.4, 0.5) is 0 Å². The van der Waals surface area contributed by atoms with Gasteiger partial charge < -0.3 is 19.9 Å². The van der Waals surface area contributed by atoms with E-state index in [0.29, 0.717) is 18.8 Å². The van der Waals surface area contributed by atoms with Crippen molar-refractivity contribution in [3.8, 4) is 0 Å². The van der Waals surface area contributed by atoms with E-state index in [1.807, 2.05) is 29.1 Å². The van der Waals surface area contributed by atoms with Gasteiger partial charge in [0.05, 0.1) is 16.8 Å². The highest BCUT2D eigenvalue weighted by Gasteiger charge is 2.14. The molecule has 0 saturated heterocycles. The topological polar surface area (TPSA) is 72.4 Å². The summed E-state index contributed by atoms with van der Waals surface area (Å²) in [6.07, 6.45) is 0.754.